The zero-order valence-electron chi connectivity index (χ0n) is 11.6. The molecule has 0 amide bonds. The normalized spacial score (nSPS) is 13.5. The fraction of sp³-hybridized carbons (Fsp3) is 0.294. The topological polar surface area (TPSA) is 15.3 Å². The molecule has 1 N–H and O–H groups in total. The van der Waals surface area contributed by atoms with Gasteiger partial charge in [-0.3, -0.25) is 0 Å². The van der Waals surface area contributed by atoms with E-state index >= 15 is 0 Å². The highest BCUT2D eigenvalue weighted by Crippen LogP contribution is 2.27. The maximum absolute atomic E-state index is 3.48. The van der Waals surface area contributed by atoms with Crippen LogP contribution in [-0.4, -0.2) is 13.6 Å². The fourth-order valence-electron chi connectivity index (χ4n) is 2.61. The molecule has 0 saturated carbocycles. The van der Waals surface area contributed by atoms with E-state index in [-0.39, 0.29) is 0 Å². The number of likely N-dealkylation sites (N-methyl/N-ethyl adjacent to an activating group) is 1. The van der Waals surface area contributed by atoms with Crippen molar-refractivity contribution in [1.82, 2.24) is 0 Å². The van der Waals surface area contributed by atoms with Gasteiger partial charge in [-0.1, -0.05) is 29.8 Å². The second-order valence-electron chi connectivity index (χ2n) is 5.35. The molecule has 0 atom stereocenters. The molecule has 0 saturated heterocycles. The SMILES string of the molecule is Cc1ccc(NCc2ccc3c(c2)CCN3C)cc1. The van der Waals surface area contributed by atoms with Crippen molar-refractivity contribution in [2.45, 2.75) is 19.9 Å². The van der Waals surface area contributed by atoms with Crippen LogP contribution < -0.4 is 10.2 Å². The first-order chi connectivity index (χ1) is 9.22. The van der Waals surface area contributed by atoms with Gasteiger partial charge in [-0.15, -0.1) is 0 Å². The van der Waals surface area contributed by atoms with E-state index in [9.17, 15) is 0 Å². The van der Waals surface area contributed by atoms with Gasteiger partial charge in [0.05, 0.1) is 0 Å². The van der Waals surface area contributed by atoms with Crippen LogP contribution in [0.25, 0.3) is 0 Å². The first kappa shape index (κ1) is 12.1. The molecule has 2 aromatic carbocycles. The first-order valence-electron chi connectivity index (χ1n) is 6.86. The average Bonchev–Trinajstić information content (AvgIpc) is 2.79. The Morgan fingerprint density at radius 2 is 1.89 bits per heavy atom. The minimum absolute atomic E-state index is 0.889. The van der Waals surface area contributed by atoms with Crippen LogP contribution in [0.3, 0.4) is 0 Å². The Balaban J connectivity index is 1.69. The van der Waals surface area contributed by atoms with Gasteiger partial charge in [-0.25, -0.2) is 0 Å². The summed E-state index contributed by atoms with van der Waals surface area (Å²) >= 11 is 0. The number of rotatable bonds is 3. The molecule has 0 unspecified atom stereocenters. The number of anilines is 2. The molecule has 0 radical (unpaired) electrons. The third-order valence-corrected chi connectivity index (χ3v) is 3.82. The molecule has 3 rings (SSSR count). The van der Waals surface area contributed by atoms with Crippen molar-refractivity contribution < 1.29 is 0 Å². The number of nitrogens with zero attached hydrogens (tertiary/aromatic N) is 1. The number of aryl methyl sites for hydroxylation is 1. The van der Waals surface area contributed by atoms with Crippen molar-refractivity contribution in [2.75, 3.05) is 23.8 Å². The van der Waals surface area contributed by atoms with Crippen LogP contribution in [0, 0.1) is 6.92 Å². The Morgan fingerprint density at radius 1 is 1.11 bits per heavy atom. The van der Waals surface area contributed by atoms with E-state index in [1.165, 1.54) is 34.5 Å². The Kier molecular flexibility index (Phi) is 3.16. The molecule has 0 bridgehead atoms. The van der Waals surface area contributed by atoms with E-state index in [0.717, 1.165) is 13.1 Å². The molecular formula is C17H20N2. The molecule has 1 aliphatic rings. The van der Waals surface area contributed by atoms with E-state index in [0.29, 0.717) is 0 Å². The van der Waals surface area contributed by atoms with E-state index in [2.05, 4.69) is 66.7 Å². The quantitative estimate of drug-likeness (QED) is 0.898. The lowest BCUT2D eigenvalue weighted by Crippen LogP contribution is -2.12. The highest BCUT2D eigenvalue weighted by atomic mass is 15.1. The summed E-state index contributed by atoms with van der Waals surface area (Å²) in [6.45, 7) is 4.14. The number of hydrogen-bond acceptors (Lipinski definition) is 2. The molecule has 0 aromatic heterocycles. The van der Waals surface area contributed by atoms with Crippen LogP contribution >= 0.6 is 0 Å². The minimum atomic E-state index is 0.889. The molecule has 1 aliphatic heterocycles. The van der Waals surface area contributed by atoms with Gasteiger partial charge >= 0.3 is 0 Å². The van der Waals surface area contributed by atoms with E-state index in [1.54, 1.807) is 0 Å². The van der Waals surface area contributed by atoms with Gasteiger partial charge in [0, 0.05) is 31.5 Å². The Bertz CT molecular complexity index is 572. The zero-order valence-corrected chi connectivity index (χ0v) is 11.6. The van der Waals surface area contributed by atoms with Gasteiger partial charge in [0.15, 0.2) is 0 Å². The Morgan fingerprint density at radius 3 is 2.68 bits per heavy atom. The maximum Gasteiger partial charge on any atom is 0.0400 e. The van der Waals surface area contributed by atoms with Crippen molar-refractivity contribution in [2.24, 2.45) is 0 Å². The molecule has 0 spiro atoms. The van der Waals surface area contributed by atoms with Crippen molar-refractivity contribution in [3.05, 3.63) is 59.2 Å². The third-order valence-electron chi connectivity index (χ3n) is 3.82. The van der Waals surface area contributed by atoms with Gasteiger partial charge < -0.3 is 10.2 Å². The summed E-state index contributed by atoms with van der Waals surface area (Å²) in [4.78, 5) is 2.33. The monoisotopic (exact) mass is 252 g/mol. The second-order valence-corrected chi connectivity index (χ2v) is 5.35. The smallest absolute Gasteiger partial charge is 0.0400 e. The van der Waals surface area contributed by atoms with E-state index in [4.69, 9.17) is 0 Å². The van der Waals surface area contributed by atoms with Gasteiger partial charge in [0.1, 0.15) is 0 Å². The standard InChI is InChI=1S/C17H20N2/c1-13-3-6-16(7-4-13)18-12-14-5-8-17-15(11-14)9-10-19(17)2/h3-8,11,18H,9-10,12H2,1-2H3. The van der Waals surface area contributed by atoms with Crippen LogP contribution in [0.5, 0.6) is 0 Å². The van der Waals surface area contributed by atoms with Crippen molar-refractivity contribution in [3.8, 4) is 0 Å². The van der Waals surface area contributed by atoms with Crippen LogP contribution in [0.15, 0.2) is 42.5 Å². The average molecular weight is 252 g/mol. The Labute approximate surface area is 115 Å². The number of nitrogens with one attached hydrogen (secondary N) is 1. The summed E-state index contributed by atoms with van der Waals surface area (Å²) in [7, 11) is 2.16. The van der Waals surface area contributed by atoms with Crippen LogP contribution in [0.4, 0.5) is 11.4 Å². The fourth-order valence-corrected chi connectivity index (χ4v) is 2.61. The van der Waals surface area contributed by atoms with E-state index in [1.807, 2.05) is 0 Å². The molecule has 2 nitrogen and oxygen atoms in total. The van der Waals surface area contributed by atoms with Crippen molar-refractivity contribution in [3.63, 3.8) is 0 Å². The highest BCUT2D eigenvalue weighted by Gasteiger charge is 2.15. The molecule has 0 fully saturated rings. The molecule has 2 heteroatoms. The molecule has 19 heavy (non-hydrogen) atoms. The second kappa shape index (κ2) is 4.96. The molecule has 98 valence electrons. The molecule has 0 aliphatic carbocycles. The molecular weight excluding hydrogens is 232 g/mol. The van der Waals surface area contributed by atoms with Gasteiger partial charge in [-0.2, -0.15) is 0 Å². The van der Waals surface area contributed by atoms with Crippen molar-refractivity contribution in [1.29, 1.82) is 0 Å². The predicted octanol–water partition coefficient (Wildman–Crippen LogP) is 3.60. The lowest BCUT2D eigenvalue weighted by atomic mass is 10.1. The number of benzene rings is 2. The Hall–Kier alpha value is -1.96. The summed E-state index contributed by atoms with van der Waals surface area (Å²) in [6, 6.07) is 15.4. The zero-order chi connectivity index (χ0) is 13.2. The van der Waals surface area contributed by atoms with Gasteiger partial charge in [0.25, 0.3) is 0 Å². The lowest BCUT2D eigenvalue weighted by Gasteiger charge is -2.12. The summed E-state index contributed by atoms with van der Waals surface area (Å²) in [6.07, 6.45) is 1.17. The number of fused-ring (bicyclic) bond motifs is 1. The summed E-state index contributed by atoms with van der Waals surface area (Å²) < 4.78 is 0. The van der Waals surface area contributed by atoms with Gasteiger partial charge in [-0.05, 0) is 42.7 Å². The first-order valence-corrected chi connectivity index (χ1v) is 6.86. The van der Waals surface area contributed by atoms with E-state index < -0.39 is 0 Å². The third kappa shape index (κ3) is 2.58. The number of hydrogen-bond donors (Lipinski definition) is 1. The largest absolute Gasteiger partial charge is 0.381 e. The minimum Gasteiger partial charge on any atom is -0.381 e. The summed E-state index contributed by atoms with van der Waals surface area (Å²) in [5.74, 6) is 0. The predicted molar refractivity (Wildman–Crippen MR) is 81.9 cm³/mol. The summed E-state index contributed by atoms with van der Waals surface area (Å²) in [5, 5.41) is 3.48. The molecule has 2 aromatic rings. The van der Waals surface area contributed by atoms with Gasteiger partial charge in [0.2, 0.25) is 0 Å². The molecule has 1 heterocycles. The van der Waals surface area contributed by atoms with Crippen LogP contribution in [0.1, 0.15) is 16.7 Å². The summed E-state index contributed by atoms with van der Waals surface area (Å²) in [5.41, 5.74) is 6.70. The van der Waals surface area contributed by atoms with Crippen LogP contribution in [0.2, 0.25) is 0 Å². The maximum atomic E-state index is 3.48. The van der Waals surface area contributed by atoms with Crippen molar-refractivity contribution >= 4 is 11.4 Å². The van der Waals surface area contributed by atoms with Crippen LogP contribution in [-0.2, 0) is 13.0 Å². The lowest BCUT2D eigenvalue weighted by molar-refractivity contribution is 0.955. The highest BCUT2D eigenvalue weighted by molar-refractivity contribution is 5.58.